The Hall–Kier alpha value is -2.91. The molecule has 0 aliphatic rings. The van der Waals surface area contributed by atoms with Crippen LogP contribution in [0.4, 0.5) is 0 Å². The van der Waals surface area contributed by atoms with Gasteiger partial charge in [-0.05, 0) is 47.8 Å². The van der Waals surface area contributed by atoms with Crippen LogP contribution in [0.2, 0.25) is 0 Å². The van der Waals surface area contributed by atoms with E-state index in [4.69, 9.17) is 0 Å². The highest BCUT2D eigenvalue weighted by molar-refractivity contribution is 5.79. The molecule has 0 spiro atoms. The van der Waals surface area contributed by atoms with Crippen LogP contribution >= 0.6 is 0 Å². The van der Waals surface area contributed by atoms with E-state index in [9.17, 15) is 9.90 Å². The lowest BCUT2D eigenvalue weighted by Gasteiger charge is -2.30. The molecule has 3 nitrogen and oxygen atoms in total. The van der Waals surface area contributed by atoms with Crippen molar-refractivity contribution in [2.24, 2.45) is 17.8 Å². The molecule has 1 amide bonds. The quantitative estimate of drug-likeness (QED) is 0.461. The van der Waals surface area contributed by atoms with Gasteiger partial charge in [-0.2, -0.15) is 0 Å². The SMILES string of the molecule is CC(C(CCc1ccccc1)Cc1ccccc1)C(CO)C(=O)NCc1ccccc1. The molecule has 3 unspecified atom stereocenters. The summed E-state index contributed by atoms with van der Waals surface area (Å²) < 4.78 is 0. The fraction of sp³-hybridized carbons (Fsp3) is 0.321. The Morgan fingerprint density at radius 3 is 1.87 bits per heavy atom. The first-order chi connectivity index (χ1) is 15.2. The van der Waals surface area contributed by atoms with Gasteiger partial charge in [0.05, 0.1) is 12.5 Å². The summed E-state index contributed by atoms with van der Waals surface area (Å²) in [7, 11) is 0. The van der Waals surface area contributed by atoms with Gasteiger partial charge in [0.15, 0.2) is 0 Å². The molecule has 0 saturated carbocycles. The first kappa shape index (κ1) is 22.8. The van der Waals surface area contributed by atoms with E-state index < -0.39 is 5.92 Å². The molecule has 31 heavy (non-hydrogen) atoms. The minimum Gasteiger partial charge on any atom is -0.396 e. The molecule has 0 radical (unpaired) electrons. The van der Waals surface area contributed by atoms with Crippen LogP contribution in [-0.4, -0.2) is 17.6 Å². The first-order valence-corrected chi connectivity index (χ1v) is 11.2. The normalized spacial score (nSPS) is 13.9. The van der Waals surface area contributed by atoms with Crippen LogP contribution in [0.5, 0.6) is 0 Å². The van der Waals surface area contributed by atoms with Gasteiger partial charge in [0.1, 0.15) is 0 Å². The molecule has 0 aromatic heterocycles. The van der Waals surface area contributed by atoms with E-state index in [0.717, 1.165) is 24.8 Å². The number of amides is 1. The summed E-state index contributed by atoms with van der Waals surface area (Å²) in [6.07, 6.45) is 2.84. The molecule has 3 aromatic carbocycles. The van der Waals surface area contributed by atoms with Crippen LogP contribution < -0.4 is 5.32 Å². The monoisotopic (exact) mass is 415 g/mol. The predicted octanol–water partition coefficient (Wildman–Crippen LogP) is 5.04. The third kappa shape index (κ3) is 7.08. The van der Waals surface area contributed by atoms with Crippen LogP contribution in [0.3, 0.4) is 0 Å². The Morgan fingerprint density at radius 1 is 0.806 bits per heavy atom. The van der Waals surface area contributed by atoms with E-state index in [0.29, 0.717) is 12.5 Å². The summed E-state index contributed by atoms with van der Waals surface area (Å²) in [6, 6.07) is 30.8. The summed E-state index contributed by atoms with van der Waals surface area (Å²) in [4.78, 5) is 12.9. The van der Waals surface area contributed by atoms with Crippen molar-refractivity contribution in [3.8, 4) is 0 Å². The third-order valence-electron chi connectivity index (χ3n) is 6.21. The molecule has 3 aromatic rings. The summed E-state index contributed by atoms with van der Waals surface area (Å²) in [6.45, 7) is 2.45. The second kappa shape index (κ2) is 12.1. The van der Waals surface area contributed by atoms with Crippen molar-refractivity contribution < 1.29 is 9.90 Å². The maximum Gasteiger partial charge on any atom is 0.225 e. The summed E-state index contributed by atoms with van der Waals surface area (Å²) >= 11 is 0. The molecule has 0 aliphatic carbocycles. The van der Waals surface area contributed by atoms with E-state index in [1.807, 2.05) is 42.5 Å². The van der Waals surface area contributed by atoms with Crippen LogP contribution in [0, 0.1) is 17.8 Å². The molecule has 3 rings (SSSR count). The van der Waals surface area contributed by atoms with Gasteiger partial charge >= 0.3 is 0 Å². The number of hydrogen-bond acceptors (Lipinski definition) is 2. The Morgan fingerprint density at radius 2 is 1.32 bits per heavy atom. The Bertz CT molecular complexity index is 896. The van der Waals surface area contributed by atoms with Crippen molar-refractivity contribution in [1.29, 1.82) is 0 Å². The topological polar surface area (TPSA) is 49.3 Å². The summed E-state index contributed by atoms with van der Waals surface area (Å²) in [5, 5.41) is 13.1. The molecule has 2 N–H and O–H groups in total. The van der Waals surface area contributed by atoms with Crippen molar-refractivity contribution in [2.45, 2.75) is 32.7 Å². The largest absolute Gasteiger partial charge is 0.396 e. The van der Waals surface area contributed by atoms with E-state index in [-0.39, 0.29) is 18.4 Å². The lowest BCUT2D eigenvalue weighted by molar-refractivity contribution is -0.129. The van der Waals surface area contributed by atoms with Crippen molar-refractivity contribution >= 4 is 5.91 Å². The van der Waals surface area contributed by atoms with Gasteiger partial charge in [0.2, 0.25) is 5.91 Å². The molecule has 3 atom stereocenters. The average molecular weight is 416 g/mol. The number of aliphatic hydroxyl groups is 1. The van der Waals surface area contributed by atoms with Gasteiger partial charge in [0.25, 0.3) is 0 Å². The highest BCUT2D eigenvalue weighted by Gasteiger charge is 2.30. The van der Waals surface area contributed by atoms with Crippen molar-refractivity contribution in [3.63, 3.8) is 0 Å². The Kier molecular flexibility index (Phi) is 8.86. The second-order valence-corrected chi connectivity index (χ2v) is 8.33. The highest BCUT2D eigenvalue weighted by Crippen LogP contribution is 2.29. The predicted molar refractivity (Wildman–Crippen MR) is 126 cm³/mol. The van der Waals surface area contributed by atoms with E-state index in [2.05, 4.69) is 60.8 Å². The second-order valence-electron chi connectivity index (χ2n) is 8.33. The summed E-state index contributed by atoms with van der Waals surface area (Å²) in [5.41, 5.74) is 3.64. The van der Waals surface area contributed by atoms with Gasteiger partial charge in [-0.3, -0.25) is 4.79 Å². The van der Waals surface area contributed by atoms with Crippen LogP contribution in [0.25, 0.3) is 0 Å². The molecular weight excluding hydrogens is 382 g/mol. The van der Waals surface area contributed by atoms with Crippen molar-refractivity contribution in [2.75, 3.05) is 6.61 Å². The maximum atomic E-state index is 12.9. The van der Waals surface area contributed by atoms with Gasteiger partial charge in [-0.15, -0.1) is 0 Å². The Balaban J connectivity index is 1.69. The third-order valence-corrected chi connectivity index (χ3v) is 6.21. The molecule has 3 heteroatoms. The number of nitrogens with one attached hydrogen (secondary N) is 1. The van der Waals surface area contributed by atoms with Crippen LogP contribution in [0.15, 0.2) is 91.0 Å². The number of benzene rings is 3. The van der Waals surface area contributed by atoms with Gasteiger partial charge in [0, 0.05) is 6.54 Å². The number of aryl methyl sites for hydroxylation is 1. The van der Waals surface area contributed by atoms with E-state index in [1.165, 1.54) is 11.1 Å². The van der Waals surface area contributed by atoms with Crippen molar-refractivity contribution in [3.05, 3.63) is 108 Å². The van der Waals surface area contributed by atoms with E-state index >= 15 is 0 Å². The average Bonchev–Trinajstić information content (AvgIpc) is 2.82. The molecule has 0 bridgehead atoms. The molecule has 0 aliphatic heterocycles. The zero-order chi connectivity index (χ0) is 21.9. The molecular formula is C28H33NO2. The first-order valence-electron chi connectivity index (χ1n) is 11.2. The number of rotatable bonds is 11. The number of carbonyl (C=O) groups excluding carboxylic acids is 1. The fourth-order valence-corrected chi connectivity index (χ4v) is 4.20. The maximum absolute atomic E-state index is 12.9. The van der Waals surface area contributed by atoms with Gasteiger partial charge < -0.3 is 10.4 Å². The molecule has 0 fully saturated rings. The van der Waals surface area contributed by atoms with Gasteiger partial charge in [-0.1, -0.05) is 97.9 Å². The zero-order valence-corrected chi connectivity index (χ0v) is 18.3. The van der Waals surface area contributed by atoms with Crippen LogP contribution in [0.1, 0.15) is 30.0 Å². The Labute approximate surface area is 186 Å². The number of aliphatic hydroxyl groups excluding tert-OH is 1. The minimum atomic E-state index is -0.423. The van der Waals surface area contributed by atoms with Gasteiger partial charge in [-0.25, -0.2) is 0 Å². The van der Waals surface area contributed by atoms with E-state index in [1.54, 1.807) is 0 Å². The minimum absolute atomic E-state index is 0.0599. The van der Waals surface area contributed by atoms with Crippen LogP contribution in [-0.2, 0) is 24.2 Å². The summed E-state index contributed by atoms with van der Waals surface area (Å²) in [5.74, 6) is -0.142. The lowest BCUT2D eigenvalue weighted by atomic mass is 9.76. The number of hydrogen-bond donors (Lipinski definition) is 2. The molecule has 162 valence electrons. The zero-order valence-electron chi connectivity index (χ0n) is 18.3. The van der Waals surface area contributed by atoms with Crippen molar-refractivity contribution in [1.82, 2.24) is 5.32 Å². The lowest BCUT2D eigenvalue weighted by Crippen LogP contribution is -2.39. The molecule has 0 saturated heterocycles. The molecule has 0 heterocycles. The number of carbonyl (C=O) groups is 1. The smallest absolute Gasteiger partial charge is 0.225 e. The fourth-order valence-electron chi connectivity index (χ4n) is 4.20. The highest BCUT2D eigenvalue weighted by atomic mass is 16.3. The standard InChI is InChI=1S/C28H33NO2/c1-22(27(21-30)28(31)29-20-25-15-9-4-10-16-25)26(19-24-13-7-3-8-14-24)18-17-23-11-5-2-6-12-23/h2-16,22,26-27,30H,17-21H2,1H3,(H,29,31).